The molecule has 0 saturated carbocycles. The summed E-state index contributed by atoms with van der Waals surface area (Å²) < 4.78 is 0. The fourth-order valence-corrected chi connectivity index (χ4v) is 3.07. The van der Waals surface area contributed by atoms with Crippen molar-refractivity contribution < 1.29 is 4.79 Å². The van der Waals surface area contributed by atoms with E-state index in [1.165, 1.54) is 0 Å². The number of hydrogen-bond donors (Lipinski definition) is 2. The average Bonchev–Trinajstić information content (AvgIpc) is 2.27. The van der Waals surface area contributed by atoms with Gasteiger partial charge in [0, 0.05) is 23.3 Å². The quantitative estimate of drug-likeness (QED) is 0.834. The van der Waals surface area contributed by atoms with E-state index in [1.54, 1.807) is 11.8 Å². The fraction of sp³-hybridized carbons (Fsp3) is 0.857. The van der Waals surface area contributed by atoms with Crippen LogP contribution in [0.15, 0.2) is 4.99 Å². The molecule has 0 spiro atoms. The molecule has 110 valence electrons. The van der Waals surface area contributed by atoms with Crippen LogP contribution in [0.1, 0.15) is 53.9 Å². The molecule has 1 aliphatic rings. The lowest BCUT2D eigenvalue weighted by Gasteiger charge is -2.35. The van der Waals surface area contributed by atoms with E-state index in [0.29, 0.717) is 13.0 Å². The third-order valence-electron chi connectivity index (χ3n) is 3.19. The van der Waals surface area contributed by atoms with Crippen LogP contribution in [0.4, 0.5) is 0 Å². The Morgan fingerprint density at radius 2 is 2.21 bits per heavy atom. The highest BCUT2D eigenvalue weighted by molar-refractivity contribution is 8.13. The number of nitrogens with zero attached hydrogens (tertiary/aromatic N) is 1. The molecule has 1 amide bonds. The zero-order valence-electron chi connectivity index (χ0n) is 12.8. The highest BCUT2D eigenvalue weighted by Crippen LogP contribution is 2.24. The number of amidine groups is 1. The molecule has 1 aliphatic heterocycles. The average molecular weight is 285 g/mol. The zero-order valence-corrected chi connectivity index (χ0v) is 13.6. The molecule has 0 bridgehead atoms. The Bertz CT molecular complexity index is 349. The van der Waals surface area contributed by atoms with E-state index in [9.17, 15) is 4.79 Å². The molecular weight excluding hydrogens is 258 g/mol. The molecule has 0 aromatic heterocycles. The molecule has 1 unspecified atom stereocenters. The van der Waals surface area contributed by atoms with Gasteiger partial charge in [-0.15, -0.1) is 0 Å². The van der Waals surface area contributed by atoms with Gasteiger partial charge in [0.05, 0.1) is 6.54 Å². The number of hydrogen-bond acceptors (Lipinski definition) is 3. The molecule has 1 heterocycles. The Morgan fingerprint density at radius 3 is 2.79 bits per heavy atom. The molecule has 4 nitrogen and oxygen atoms in total. The van der Waals surface area contributed by atoms with Crippen molar-refractivity contribution in [2.75, 3.05) is 12.3 Å². The van der Waals surface area contributed by atoms with Crippen molar-refractivity contribution in [2.45, 2.75) is 65.0 Å². The lowest BCUT2D eigenvalue weighted by atomic mass is 9.96. The van der Waals surface area contributed by atoms with Gasteiger partial charge in [-0.05, 0) is 40.5 Å². The van der Waals surface area contributed by atoms with Crippen molar-refractivity contribution in [1.82, 2.24) is 10.6 Å². The second-order valence-corrected chi connectivity index (χ2v) is 7.46. The molecule has 0 aliphatic carbocycles. The molecule has 1 saturated heterocycles. The van der Waals surface area contributed by atoms with Crippen molar-refractivity contribution in [2.24, 2.45) is 4.99 Å². The number of rotatable bonds is 4. The van der Waals surface area contributed by atoms with Crippen molar-refractivity contribution >= 4 is 22.8 Å². The topological polar surface area (TPSA) is 53.5 Å². The van der Waals surface area contributed by atoms with Crippen LogP contribution in [0.5, 0.6) is 0 Å². The number of carbonyl (C=O) groups is 1. The third kappa shape index (κ3) is 6.32. The van der Waals surface area contributed by atoms with Crippen molar-refractivity contribution in [3.63, 3.8) is 0 Å². The minimum Gasteiger partial charge on any atom is -0.360 e. The normalized spacial score (nSPS) is 26.1. The predicted molar refractivity (Wildman–Crippen MR) is 83.7 cm³/mol. The van der Waals surface area contributed by atoms with Gasteiger partial charge in [-0.1, -0.05) is 18.7 Å². The number of thioether (sulfide) groups is 1. The summed E-state index contributed by atoms with van der Waals surface area (Å²) in [5, 5.41) is 7.42. The highest BCUT2D eigenvalue weighted by atomic mass is 32.2. The van der Waals surface area contributed by atoms with Gasteiger partial charge in [0.15, 0.2) is 5.17 Å². The maximum absolute atomic E-state index is 11.7. The second-order valence-electron chi connectivity index (χ2n) is 6.37. The van der Waals surface area contributed by atoms with Gasteiger partial charge in [-0.3, -0.25) is 9.79 Å². The van der Waals surface area contributed by atoms with Gasteiger partial charge in [-0.2, -0.15) is 0 Å². The van der Waals surface area contributed by atoms with Crippen LogP contribution in [0, 0.1) is 0 Å². The summed E-state index contributed by atoms with van der Waals surface area (Å²) in [5.74, 6) is 1.17. The maximum atomic E-state index is 11.7. The minimum atomic E-state index is -0.164. The van der Waals surface area contributed by atoms with Crippen LogP contribution in [0.2, 0.25) is 0 Å². The molecule has 0 aromatic carbocycles. The minimum absolute atomic E-state index is 0.0657. The number of carbonyl (C=O) groups excluding carboxylic acids is 1. The summed E-state index contributed by atoms with van der Waals surface area (Å²) in [6.45, 7) is 10.9. The SMILES string of the molecule is CCC1(C)CCSC(=NCCC(=O)NC(C)(C)C)N1. The van der Waals surface area contributed by atoms with Gasteiger partial charge in [-0.25, -0.2) is 0 Å². The van der Waals surface area contributed by atoms with E-state index in [0.717, 1.165) is 23.8 Å². The maximum Gasteiger partial charge on any atom is 0.222 e. The Morgan fingerprint density at radius 1 is 1.53 bits per heavy atom. The van der Waals surface area contributed by atoms with Gasteiger partial charge in [0.1, 0.15) is 0 Å². The molecule has 1 fully saturated rings. The third-order valence-corrected chi connectivity index (χ3v) is 4.10. The van der Waals surface area contributed by atoms with Gasteiger partial charge >= 0.3 is 0 Å². The summed E-state index contributed by atoms with van der Waals surface area (Å²) in [4.78, 5) is 16.2. The smallest absolute Gasteiger partial charge is 0.222 e. The summed E-state index contributed by atoms with van der Waals surface area (Å²) in [6.07, 6.45) is 2.71. The van der Waals surface area contributed by atoms with Gasteiger partial charge in [0.25, 0.3) is 0 Å². The van der Waals surface area contributed by atoms with E-state index < -0.39 is 0 Å². The van der Waals surface area contributed by atoms with Crippen molar-refractivity contribution in [3.05, 3.63) is 0 Å². The van der Waals surface area contributed by atoms with E-state index >= 15 is 0 Å². The Kier molecular flexibility index (Phi) is 5.71. The number of amides is 1. The van der Waals surface area contributed by atoms with Crippen LogP contribution >= 0.6 is 11.8 Å². The second kappa shape index (κ2) is 6.64. The van der Waals surface area contributed by atoms with E-state index in [2.05, 4.69) is 29.5 Å². The molecule has 1 rings (SSSR count). The number of aliphatic imine (C=N–C) groups is 1. The van der Waals surface area contributed by atoms with E-state index in [4.69, 9.17) is 0 Å². The Labute approximate surface area is 121 Å². The summed E-state index contributed by atoms with van der Waals surface area (Å²) in [5.41, 5.74) is 0.000595. The molecule has 2 N–H and O–H groups in total. The number of nitrogens with one attached hydrogen (secondary N) is 2. The monoisotopic (exact) mass is 285 g/mol. The summed E-state index contributed by atoms with van der Waals surface area (Å²) >= 11 is 1.75. The first-order chi connectivity index (χ1) is 8.74. The molecule has 5 heteroatoms. The molecule has 0 aromatic rings. The predicted octanol–water partition coefficient (Wildman–Crippen LogP) is 2.54. The van der Waals surface area contributed by atoms with Crippen molar-refractivity contribution in [1.29, 1.82) is 0 Å². The zero-order chi connectivity index (χ0) is 14.5. The van der Waals surface area contributed by atoms with E-state index in [1.807, 2.05) is 20.8 Å². The van der Waals surface area contributed by atoms with Crippen molar-refractivity contribution in [3.8, 4) is 0 Å². The first-order valence-corrected chi connectivity index (χ1v) is 7.99. The van der Waals surface area contributed by atoms with Crippen LogP contribution in [0.25, 0.3) is 0 Å². The lowest BCUT2D eigenvalue weighted by molar-refractivity contribution is -0.122. The highest BCUT2D eigenvalue weighted by Gasteiger charge is 2.27. The van der Waals surface area contributed by atoms with Crippen LogP contribution in [-0.2, 0) is 4.79 Å². The van der Waals surface area contributed by atoms with Crippen LogP contribution < -0.4 is 10.6 Å². The fourth-order valence-electron chi connectivity index (χ4n) is 1.82. The largest absolute Gasteiger partial charge is 0.360 e. The van der Waals surface area contributed by atoms with Crippen LogP contribution in [0.3, 0.4) is 0 Å². The standard InChI is InChI=1S/C14H27N3OS/c1-6-14(5)8-10-19-12(17-14)15-9-7-11(18)16-13(2,3)4/h6-10H2,1-5H3,(H,15,17)(H,16,18). The summed E-state index contributed by atoms with van der Waals surface area (Å²) in [6, 6.07) is 0. The first kappa shape index (κ1) is 16.3. The molecular formula is C14H27N3OS. The van der Waals surface area contributed by atoms with E-state index in [-0.39, 0.29) is 17.0 Å². The van der Waals surface area contributed by atoms with Crippen LogP contribution in [-0.4, -0.2) is 34.5 Å². The molecule has 19 heavy (non-hydrogen) atoms. The lowest BCUT2D eigenvalue weighted by Crippen LogP contribution is -2.48. The molecule has 1 atom stereocenters. The first-order valence-electron chi connectivity index (χ1n) is 7.00. The molecule has 0 radical (unpaired) electrons. The van der Waals surface area contributed by atoms with Gasteiger partial charge in [0.2, 0.25) is 5.91 Å². The van der Waals surface area contributed by atoms with Gasteiger partial charge < -0.3 is 10.6 Å². The summed E-state index contributed by atoms with van der Waals surface area (Å²) in [7, 11) is 0. The Balaban J connectivity index is 2.38. The Hall–Kier alpha value is -0.710.